The summed E-state index contributed by atoms with van der Waals surface area (Å²) in [7, 11) is -0.231. The summed E-state index contributed by atoms with van der Waals surface area (Å²) in [5.74, 6) is 0. The van der Waals surface area contributed by atoms with Gasteiger partial charge < -0.3 is 0 Å². The maximum absolute atomic E-state index is 2.53. The Balaban J connectivity index is 0.00000180. The zero-order valence-electron chi connectivity index (χ0n) is 13.7. The van der Waals surface area contributed by atoms with E-state index in [4.69, 9.17) is 0 Å². The van der Waals surface area contributed by atoms with Crippen LogP contribution in [0, 0.1) is 0 Å². The normalized spacial score (nSPS) is 36.3. The smallest absolute Gasteiger partial charge is 0.0261 e. The molecule has 0 aromatic carbocycles. The minimum absolute atomic E-state index is 0. The van der Waals surface area contributed by atoms with E-state index in [-0.39, 0.29) is 36.3 Å². The average molecular weight is 395 g/mol. The van der Waals surface area contributed by atoms with E-state index in [0.29, 0.717) is 10.3 Å². The molecule has 0 bridgehead atoms. The van der Waals surface area contributed by atoms with E-state index in [2.05, 4.69) is 41.5 Å². The molecule has 0 aliphatic carbocycles. The maximum atomic E-state index is 2.53. The molecular formula is C16H34P2Pd+4. The second kappa shape index (κ2) is 6.74. The summed E-state index contributed by atoms with van der Waals surface area (Å²) < 4.78 is 0. The zero-order chi connectivity index (χ0) is 13.6. The molecule has 0 radical (unpaired) electrons. The molecule has 2 rings (SSSR count). The van der Waals surface area contributed by atoms with Crippen LogP contribution in [-0.4, -0.2) is 34.0 Å². The summed E-state index contributed by atoms with van der Waals surface area (Å²) in [6.45, 7) is 15.2. The third kappa shape index (κ3) is 4.26. The van der Waals surface area contributed by atoms with Gasteiger partial charge in [-0.3, -0.25) is 0 Å². The monoisotopic (exact) mass is 394 g/mol. The van der Waals surface area contributed by atoms with E-state index in [1.165, 1.54) is 11.3 Å². The van der Waals surface area contributed by atoms with Gasteiger partial charge in [-0.15, -0.1) is 0 Å². The molecule has 0 N–H and O–H groups in total. The van der Waals surface area contributed by atoms with Crippen LogP contribution >= 0.6 is 15.8 Å². The van der Waals surface area contributed by atoms with Crippen molar-refractivity contribution in [3.8, 4) is 0 Å². The van der Waals surface area contributed by atoms with Crippen LogP contribution in [0.2, 0.25) is 0 Å². The number of rotatable bonds is 1. The van der Waals surface area contributed by atoms with Gasteiger partial charge in [-0.05, 0) is 67.2 Å². The molecular weight excluding hydrogens is 361 g/mol. The molecule has 2 aliphatic heterocycles. The van der Waals surface area contributed by atoms with Gasteiger partial charge >= 0.3 is 20.4 Å². The van der Waals surface area contributed by atoms with Crippen molar-refractivity contribution in [2.45, 2.75) is 88.9 Å². The van der Waals surface area contributed by atoms with Crippen molar-refractivity contribution in [2.24, 2.45) is 0 Å². The van der Waals surface area contributed by atoms with E-state index >= 15 is 0 Å². The molecule has 2 unspecified atom stereocenters. The van der Waals surface area contributed by atoms with Gasteiger partial charge in [0, 0.05) is 15.8 Å². The van der Waals surface area contributed by atoms with Crippen LogP contribution in [0.5, 0.6) is 0 Å². The van der Waals surface area contributed by atoms with Crippen molar-refractivity contribution < 1.29 is 20.4 Å². The molecule has 2 aliphatic rings. The first-order chi connectivity index (χ1) is 8.21. The Morgan fingerprint density at radius 1 is 0.684 bits per heavy atom. The minimum atomic E-state index is -0.116. The SMILES string of the molecule is CC(C)(C)[PH+]1CCC[C@@H]1[C@H]1CCC[PH+]1C(C)(C)C.[Pd+2]. The third-order valence-electron chi connectivity index (χ3n) is 5.23. The number of hydrogen-bond acceptors (Lipinski definition) is 0. The fraction of sp³-hybridized carbons (Fsp3) is 1.00. The van der Waals surface area contributed by atoms with Gasteiger partial charge in [0.25, 0.3) is 0 Å². The summed E-state index contributed by atoms with van der Waals surface area (Å²) in [5, 5.41) is 1.28. The minimum Gasteiger partial charge on any atom is -0.0261 e. The van der Waals surface area contributed by atoms with Crippen molar-refractivity contribution in [3.05, 3.63) is 0 Å². The first kappa shape index (κ1) is 18.6. The van der Waals surface area contributed by atoms with E-state index in [9.17, 15) is 0 Å². The fourth-order valence-electron chi connectivity index (χ4n) is 4.49. The maximum Gasteiger partial charge on any atom is 2.00 e. The van der Waals surface area contributed by atoms with Crippen LogP contribution in [0.15, 0.2) is 0 Å². The van der Waals surface area contributed by atoms with Gasteiger partial charge in [0.1, 0.15) is 11.3 Å². The van der Waals surface area contributed by atoms with Gasteiger partial charge in [0.2, 0.25) is 0 Å². The average Bonchev–Trinajstić information content (AvgIpc) is 2.83. The molecule has 19 heavy (non-hydrogen) atoms. The van der Waals surface area contributed by atoms with E-state index in [1.807, 2.05) is 0 Å². The fourth-order valence-corrected chi connectivity index (χ4v) is 13.7. The standard InChI is InChI=1S/C16H32P2.Pd/c1-15(2,3)17-11-7-9-13(17)14-10-8-12-18(14)16(4,5)6;/h13-14H,7-12H2,1-6H3;/q;+2/p+2/t13-,14-,17?,18?;/m1./s1. The second-order valence-corrected chi connectivity index (χ2v) is 16.1. The molecule has 0 saturated carbocycles. The van der Waals surface area contributed by atoms with E-state index in [1.54, 1.807) is 38.0 Å². The van der Waals surface area contributed by atoms with Crippen molar-refractivity contribution in [3.63, 3.8) is 0 Å². The Kier molecular flexibility index (Phi) is 6.59. The van der Waals surface area contributed by atoms with E-state index in [0.717, 1.165) is 0 Å². The quantitative estimate of drug-likeness (QED) is 0.416. The van der Waals surface area contributed by atoms with Crippen molar-refractivity contribution in [1.29, 1.82) is 0 Å². The molecule has 3 heteroatoms. The predicted octanol–water partition coefficient (Wildman–Crippen LogP) is 5.33. The summed E-state index contributed by atoms with van der Waals surface area (Å²) >= 11 is 0. The Labute approximate surface area is 137 Å². The summed E-state index contributed by atoms with van der Waals surface area (Å²) in [6, 6.07) is 0. The first-order valence-corrected chi connectivity index (χ1v) is 11.5. The summed E-state index contributed by atoms with van der Waals surface area (Å²) in [4.78, 5) is 0. The molecule has 2 saturated heterocycles. The van der Waals surface area contributed by atoms with Crippen LogP contribution < -0.4 is 0 Å². The van der Waals surface area contributed by atoms with E-state index < -0.39 is 0 Å². The summed E-state index contributed by atoms with van der Waals surface area (Å²) in [5.41, 5.74) is 2.34. The van der Waals surface area contributed by atoms with Gasteiger partial charge in [-0.25, -0.2) is 0 Å². The van der Waals surface area contributed by atoms with Gasteiger partial charge in [-0.2, -0.15) is 0 Å². The van der Waals surface area contributed by atoms with Crippen molar-refractivity contribution in [2.75, 3.05) is 12.3 Å². The first-order valence-electron chi connectivity index (χ1n) is 7.93. The molecule has 0 aromatic heterocycles. The largest absolute Gasteiger partial charge is 2.00 e. The van der Waals surface area contributed by atoms with Gasteiger partial charge in [0.05, 0.1) is 22.6 Å². The van der Waals surface area contributed by atoms with Gasteiger partial charge in [-0.1, -0.05) is 0 Å². The summed E-state index contributed by atoms with van der Waals surface area (Å²) in [6.07, 6.45) is 9.47. The molecule has 0 amide bonds. The topological polar surface area (TPSA) is 0 Å². The Hall–Kier alpha value is 1.52. The van der Waals surface area contributed by atoms with Crippen molar-refractivity contribution >= 4 is 15.8 Å². The molecule has 0 spiro atoms. The Bertz CT molecular complexity index is 260. The third-order valence-corrected chi connectivity index (χ3v) is 14.4. The van der Waals surface area contributed by atoms with Crippen LogP contribution in [0.3, 0.4) is 0 Å². The molecule has 2 heterocycles. The molecule has 2 fully saturated rings. The molecule has 4 atom stereocenters. The second-order valence-electron chi connectivity index (χ2n) is 8.55. The predicted molar refractivity (Wildman–Crippen MR) is 91.9 cm³/mol. The Morgan fingerprint density at radius 2 is 1.00 bits per heavy atom. The van der Waals surface area contributed by atoms with Crippen LogP contribution in [0.4, 0.5) is 0 Å². The van der Waals surface area contributed by atoms with Crippen LogP contribution in [-0.2, 0) is 20.4 Å². The molecule has 0 nitrogen and oxygen atoms in total. The molecule has 114 valence electrons. The Morgan fingerprint density at radius 3 is 1.26 bits per heavy atom. The van der Waals surface area contributed by atoms with Crippen LogP contribution in [0.25, 0.3) is 0 Å². The number of hydrogen-bond donors (Lipinski definition) is 0. The van der Waals surface area contributed by atoms with Crippen molar-refractivity contribution in [1.82, 2.24) is 0 Å². The molecule has 0 aromatic rings. The zero-order valence-corrected chi connectivity index (χ0v) is 17.3. The van der Waals surface area contributed by atoms with Gasteiger partial charge in [0.15, 0.2) is 0 Å². The van der Waals surface area contributed by atoms with Crippen LogP contribution in [0.1, 0.15) is 67.2 Å².